The van der Waals surface area contributed by atoms with Crippen molar-refractivity contribution in [1.29, 1.82) is 0 Å². The van der Waals surface area contributed by atoms with E-state index < -0.39 is 18.5 Å². The highest BCUT2D eigenvalue weighted by Crippen LogP contribution is 2.29. The molecule has 1 amide bonds. The highest BCUT2D eigenvalue weighted by molar-refractivity contribution is 7.97. The van der Waals surface area contributed by atoms with Crippen molar-refractivity contribution in [2.75, 3.05) is 0 Å². The fourth-order valence-corrected chi connectivity index (χ4v) is 3.95. The van der Waals surface area contributed by atoms with Gasteiger partial charge in [-0.25, -0.2) is 8.48 Å². The fraction of sp³-hybridized carbons (Fsp3) is 0.200. The SMILES string of the molecule is NC(C(=O)N1Cc2cn(Sc3ccc(OC(F)F)cc3)nc2C1)c1cccc(F)c1. The summed E-state index contributed by atoms with van der Waals surface area (Å²) in [5.74, 6) is -0.656. The lowest BCUT2D eigenvalue weighted by atomic mass is 10.1. The van der Waals surface area contributed by atoms with Crippen molar-refractivity contribution in [3.8, 4) is 5.75 Å². The highest BCUT2D eigenvalue weighted by atomic mass is 32.2. The van der Waals surface area contributed by atoms with Gasteiger partial charge in [-0.1, -0.05) is 12.1 Å². The minimum Gasteiger partial charge on any atom is -0.435 e. The molecule has 0 spiro atoms. The van der Waals surface area contributed by atoms with Crippen LogP contribution in [0.3, 0.4) is 0 Å². The molecule has 30 heavy (non-hydrogen) atoms. The zero-order valence-corrected chi connectivity index (χ0v) is 16.4. The third-order valence-electron chi connectivity index (χ3n) is 4.59. The Hall–Kier alpha value is -2.98. The smallest absolute Gasteiger partial charge is 0.387 e. The van der Waals surface area contributed by atoms with Gasteiger partial charge >= 0.3 is 6.61 Å². The van der Waals surface area contributed by atoms with E-state index in [-0.39, 0.29) is 11.7 Å². The Kier molecular flexibility index (Phi) is 5.69. The van der Waals surface area contributed by atoms with Crippen LogP contribution in [-0.2, 0) is 17.9 Å². The van der Waals surface area contributed by atoms with Crippen LogP contribution in [-0.4, -0.2) is 26.6 Å². The van der Waals surface area contributed by atoms with Crippen molar-refractivity contribution in [2.24, 2.45) is 5.73 Å². The molecule has 1 unspecified atom stereocenters. The number of carbonyl (C=O) groups excluding carboxylic acids is 1. The number of fused-ring (bicyclic) bond motifs is 1. The molecule has 1 aliphatic heterocycles. The summed E-state index contributed by atoms with van der Waals surface area (Å²) in [7, 11) is 0. The topological polar surface area (TPSA) is 73.4 Å². The molecule has 1 atom stereocenters. The van der Waals surface area contributed by atoms with E-state index in [1.807, 2.05) is 6.20 Å². The van der Waals surface area contributed by atoms with Crippen LogP contribution in [0.1, 0.15) is 22.9 Å². The van der Waals surface area contributed by atoms with E-state index in [2.05, 4.69) is 9.84 Å². The Bertz CT molecular complexity index is 1030. The first kappa shape index (κ1) is 20.3. The first-order chi connectivity index (χ1) is 14.4. The average Bonchev–Trinajstić information content (AvgIpc) is 3.26. The van der Waals surface area contributed by atoms with E-state index in [0.29, 0.717) is 18.7 Å². The van der Waals surface area contributed by atoms with Gasteiger partial charge in [-0.05, 0) is 42.0 Å². The van der Waals surface area contributed by atoms with Crippen molar-refractivity contribution >= 4 is 17.9 Å². The second-order valence-corrected chi connectivity index (χ2v) is 7.70. The van der Waals surface area contributed by atoms with Gasteiger partial charge in [-0.15, -0.1) is 0 Å². The molecule has 10 heteroatoms. The molecule has 1 aromatic heterocycles. The van der Waals surface area contributed by atoms with Crippen molar-refractivity contribution in [3.63, 3.8) is 0 Å². The maximum atomic E-state index is 13.4. The number of halogens is 3. The maximum Gasteiger partial charge on any atom is 0.387 e. The van der Waals surface area contributed by atoms with Crippen molar-refractivity contribution in [1.82, 2.24) is 14.1 Å². The largest absolute Gasteiger partial charge is 0.435 e. The molecule has 2 N–H and O–H groups in total. The third kappa shape index (κ3) is 4.44. The fourth-order valence-electron chi connectivity index (χ4n) is 3.16. The molecule has 0 saturated heterocycles. The van der Waals surface area contributed by atoms with E-state index in [1.165, 1.54) is 42.3 Å². The molecule has 6 nitrogen and oxygen atoms in total. The lowest BCUT2D eigenvalue weighted by Gasteiger charge is -2.20. The van der Waals surface area contributed by atoms with Gasteiger partial charge in [-0.2, -0.15) is 13.9 Å². The molecule has 0 saturated carbocycles. The van der Waals surface area contributed by atoms with Crippen LogP contribution < -0.4 is 10.5 Å². The summed E-state index contributed by atoms with van der Waals surface area (Å²) in [6, 6.07) is 11.0. The molecule has 2 heterocycles. The average molecular weight is 434 g/mol. The standard InChI is InChI=1S/C20H17F3N4O2S/c21-14-3-1-2-12(8-14)18(24)19(28)26-9-13-10-27(25-17(13)11-26)30-16-6-4-15(5-7-16)29-20(22)23/h1-8,10,18,20H,9,11,24H2. The summed E-state index contributed by atoms with van der Waals surface area (Å²) >= 11 is 1.31. The normalized spacial score (nSPS) is 14.1. The lowest BCUT2D eigenvalue weighted by molar-refractivity contribution is -0.133. The molecule has 0 bridgehead atoms. The van der Waals surface area contributed by atoms with Gasteiger partial charge in [0.2, 0.25) is 5.91 Å². The number of hydrogen-bond acceptors (Lipinski definition) is 5. The number of alkyl halides is 2. The van der Waals surface area contributed by atoms with Gasteiger partial charge in [0.25, 0.3) is 0 Å². The molecular weight excluding hydrogens is 417 g/mol. The summed E-state index contributed by atoms with van der Waals surface area (Å²) in [6.07, 6.45) is 1.81. The van der Waals surface area contributed by atoms with E-state index in [9.17, 15) is 18.0 Å². The van der Waals surface area contributed by atoms with Crippen molar-refractivity contribution < 1.29 is 22.7 Å². The Morgan fingerprint density at radius 3 is 2.60 bits per heavy atom. The molecular formula is C20H17F3N4O2S. The number of hydrogen-bond donors (Lipinski definition) is 1. The van der Waals surface area contributed by atoms with Gasteiger partial charge in [0, 0.05) is 35.1 Å². The monoisotopic (exact) mass is 434 g/mol. The van der Waals surface area contributed by atoms with Crippen LogP contribution in [0.25, 0.3) is 0 Å². The van der Waals surface area contributed by atoms with Crippen LogP contribution in [0.5, 0.6) is 5.75 Å². The third-order valence-corrected chi connectivity index (χ3v) is 5.45. The highest BCUT2D eigenvalue weighted by Gasteiger charge is 2.30. The number of ether oxygens (including phenoxy) is 1. The summed E-state index contributed by atoms with van der Waals surface area (Å²) in [6.45, 7) is -2.19. The van der Waals surface area contributed by atoms with Crippen molar-refractivity contribution in [2.45, 2.75) is 30.6 Å². The predicted molar refractivity (Wildman–Crippen MR) is 104 cm³/mol. The number of carbonyl (C=O) groups is 1. The van der Waals surface area contributed by atoms with Crippen molar-refractivity contribution in [3.05, 3.63) is 77.4 Å². The Balaban J connectivity index is 1.38. The first-order valence-corrected chi connectivity index (χ1v) is 9.77. The van der Waals surface area contributed by atoms with E-state index in [4.69, 9.17) is 5.73 Å². The molecule has 0 fully saturated rings. The zero-order valence-electron chi connectivity index (χ0n) is 15.5. The van der Waals surface area contributed by atoms with Crippen LogP contribution in [0.2, 0.25) is 0 Å². The van der Waals surface area contributed by atoms with Crippen LogP contribution >= 0.6 is 11.9 Å². The van der Waals surface area contributed by atoms with Gasteiger partial charge < -0.3 is 15.4 Å². The van der Waals surface area contributed by atoms with Gasteiger partial charge in [0.05, 0.1) is 12.2 Å². The predicted octanol–water partition coefficient (Wildman–Crippen LogP) is 3.72. The lowest BCUT2D eigenvalue weighted by Crippen LogP contribution is -2.35. The van der Waals surface area contributed by atoms with E-state index >= 15 is 0 Å². The van der Waals surface area contributed by atoms with Crippen LogP contribution in [0, 0.1) is 5.82 Å². The van der Waals surface area contributed by atoms with Crippen LogP contribution in [0.4, 0.5) is 13.2 Å². The molecule has 1 aliphatic rings. The zero-order chi connectivity index (χ0) is 21.3. The first-order valence-electron chi connectivity index (χ1n) is 8.99. The molecule has 4 rings (SSSR count). The van der Waals surface area contributed by atoms with Gasteiger partial charge in [0.15, 0.2) is 0 Å². The van der Waals surface area contributed by atoms with E-state index in [1.54, 1.807) is 27.2 Å². The summed E-state index contributed by atoms with van der Waals surface area (Å²) in [5, 5.41) is 4.47. The Morgan fingerprint density at radius 1 is 1.17 bits per heavy atom. The Morgan fingerprint density at radius 2 is 1.93 bits per heavy atom. The number of nitrogens with two attached hydrogens (primary N) is 1. The van der Waals surface area contributed by atoms with Gasteiger partial charge in [-0.3, -0.25) is 4.79 Å². The minimum atomic E-state index is -2.86. The minimum absolute atomic E-state index is 0.0844. The number of benzene rings is 2. The molecule has 156 valence electrons. The number of aromatic nitrogens is 2. The number of rotatable bonds is 6. The molecule has 0 radical (unpaired) electrons. The summed E-state index contributed by atoms with van der Waals surface area (Å²) in [4.78, 5) is 15.1. The summed E-state index contributed by atoms with van der Waals surface area (Å²) in [5.41, 5.74) is 8.08. The Labute approximate surface area is 174 Å². The molecule has 2 aromatic carbocycles. The van der Waals surface area contributed by atoms with Gasteiger partial charge in [0.1, 0.15) is 17.6 Å². The molecule has 0 aliphatic carbocycles. The number of amides is 1. The summed E-state index contributed by atoms with van der Waals surface area (Å²) < 4.78 is 43.8. The van der Waals surface area contributed by atoms with Crippen LogP contribution in [0.15, 0.2) is 59.6 Å². The second-order valence-electron chi connectivity index (χ2n) is 6.67. The quantitative estimate of drug-likeness (QED) is 0.640. The molecule has 3 aromatic rings. The second kappa shape index (κ2) is 8.41. The maximum absolute atomic E-state index is 13.4. The van der Waals surface area contributed by atoms with E-state index in [0.717, 1.165) is 16.2 Å². The number of nitrogens with zero attached hydrogens (tertiary/aromatic N) is 3.